The van der Waals surface area contributed by atoms with Gasteiger partial charge in [0.2, 0.25) is 5.91 Å². The summed E-state index contributed by atoms with van der Waals surface area (Å²) in [4.78, 5) is 25.0. The average molecular weight is 240 g/mol. The van der Waals surface area contributed by atoms with E-state index in [4.69, 9.17) is 6.42 Å². The number of benzene rings is 1. The fourth-order valence-electron chi connectivity index (χ4n) is 2.46. The first-order valence-corrected chi connectivity index (χ1v) is 5.86. The van der Waals surface area contributed by atoms with E-state index in [1.54, 1.807) is 17.0 Å². The molecule has 0 spiro atoms. The van der Waals surface area contributed by atoms with Crippen molar-refractivity contribution in [3.05, 3.63) is 29.3 Å². The minimum atomic E-state index is -0.0502. The maximum Gasteiger partial charge on any atom is 0.251 e. The van der Waals surface area contributed by atoms with Crippen molar-refractivity contribution in [3.63, 3.8) is 0 Å². The standard InChI is InChI=1S/C14H12N2O2/c1-2-9-5-13(17)16(8-9)11-3-4-12-10(6-11)7-15-14(12)18/h1,3-4,6,9H,5,7-8H2,(H,15,18). The lowest BCUT2D eigenvalue weighted by Crippen LogP contribution is -2.24. The van der Waals surface area contributed by atoms with Crippen LogP contribution < -0.4 is 10.2 Å². The van der Waals surface area contributed by atoms with Crippen LogP contribution in [0.1, 0.15) is 22.3 Å². The van der Waals surface area contributed by atoms with Gasteiger partial charge >= 0.3 is 0 Å². The van der Waals surface area contributed by atoms with E-state index in [9.17, 15) is 9.59 Å². The minimum Gasteiger partial charge on any atom is -0.348 e. The van der Waals surface area contributed by atoms with Crippen molar-refractivity contribution in [2.24, 2.45) is 5.92 Å². The van der Waals surface area contributed by atoms with E-state index in [0.29, 0.717) is 25.1 Å². The van der Waals surface area contributed by atoms with E-state index in [1.165, 1.54) is 0 Å². The van der Waals surface area contributed by atoms with E-state index in [0.717, 1.165) is 11.3 Å². The fourth-order valence-corrected chi connectivity index (χ4v) is 2.46. The predicted molar refractivity (Wildman–Crippen MR) is 66.9 cm³/mol. The van der Waals surface area contributed by atoms with Gasteiger partial charge in [-0.15, -0.1) is 12.3 Å². The second-order valence-corrected chi connectivity index (χ2v) is 4.60. The maximum atomic E-state index is 11.9. The Balaban J connectivity index is 1.93. The molecule has 4 heteroatoms. The molecule has 1 aromatic carbocycles. The molecular weight excluding hydrogens is 228 g/mol. The lowest BCUT2D eigenvalue weighted by molar-refractivity contribution is -0.117. The van der Waals surface area contributed by atoms with E-state index >= 15 is 0 Å². The Hall–Kier alpha value is -2.28. The van der Waals surface area contributed by atoms with Crippen LogP contribution in [-0.2, 0) is 11.3 Å². The summed E-state index contributed by atoms with van der Waals surface area (Å²) < 4.78 is 0. The number of nitrogens with one attached hydrogen (secondary N) is 1. The van der Waals surface area contributed by atoms with Crippen LogP contribution in [-0.4, -0.2) is 18.4 Å². The number of anilines is 1. The van der Waals surface area contributed by atoms with Crippen LogP contribution >= 0.6 is 0 Å². The van der Waals surface area contributed by atoms with E-state index in [-0.39, 0.29) is 17.7 Å². The van der Waals surface area contributed by atoms with Crippen molar-refractivity contribution < 1.29 is 9.59 Å². The monoisotopic (exact) mass is 240 g/mol. The first kappa shape index (κ1) is 10.8. The molecule has 1 saturated heterocycles. The zero-order chi connectivity index (χ0) is 12.7. The Morgan fingerprint density at radius 1 is 1.39 bits per heavy atom. The molecule has 0 radical (unpaired) electrons. The van der Waals surface area contributed by atoms with Gasteiger partial charge in [-0.25, -0.2) is 0 Å². The Morgan fingerprint density at radius 3 is 2.94 bits per heavy atom. The highest BCUT2D eigenvalue weighted by molar-refractivity contribution is 6.00. The van der Waals surface area contributed by atoms with Crippen molar-refractivity contribution in [2.75, 3.05) is 11.4 Å². The number of fused-ring (bicyclic) bond motifs is 1. The van der Waals surface area contributed by atoms with Crippen LogP contribution in [0.25, 0.3) is 0 Å². The number of hydrogen-bond acceptors (Lipinski definition) is 2. The Morgan fingerprint density at radius 2 is 2.22 bits per heavy atom. The van der Waals surface area contributed by atoms with Crippen LogP contribution in [0.2, 0.25) is 0 Å². The topological polar surface area (TPSA) is 49.4 Å². The molecule has 1 fully saturated rings. The number of terminal acetylenes is 1. The highest BCUT2D eigenvalue weighted by Gasteiger charge is 2.30. The Labute approximate surface area is 105 Å². The van der Waals surface area contributed by atoms with Gasteiger partial charge in [0.05, 0.1) is 0 Å². The molecule has 2 amide bonds. The van der Waals surface area contributed by atoms with Gasteiger partial charge < -0.3 is 10.2 Å². The molecule has 0 bridgehead atoms. The summed E-state index contributed by atoms with van der Waals surface area (Å²) >= 11 is 0. The normalized spacial score (nSPS) is 21.7. The molecule has 2 aliphatic rings. The average Bonchev–Trinajstić information content (AvgIpc) is 2.93. The van der Waals surface area contributed by atoms with Crippen molar-refractivity contribution in [3.8, 4) is 12.3 Å². The summed E-state index contributed by atoms with van der Waals surface area (Å²) in [6, 6.07) is 5.47. The first-order chi connectivity index (χ1) is 8.69. The van der Waals surface area contributed by atoms with Crippen molar-refractivity contribution >= 4 is 17.5 Å². The summed E-state index contributed by atoms with van der Waals surface area (Å²) in [6.45, 7) is 1.10. The van der Waals surface area contributed by atoms with Crippen LogP contribution in [0.15, 0.2) is 18.2 Å². The molecule has 1 unspecified atom stereocenters. The third-order valence-electron chi connectivity index (χ3n) is 3.45. The molecule has 2 aliphatic heterocycles. The summed E-state index contributed by atoms with van der Waals surface area (Å²) in [6.07, 6.45) is 5.77. The molecule has 0 aliphatic carbocycles. The van der Waals surface area contributed by atoms with Gasteiger partial charge in [0, 0.05) is 36.7 Å². The third kappa shape index (κ3) is 1.56. The molecular formula is C14H12N2O2. The SMILES string of the molecule is C#CC1CC(=O)N(c2ccc3c(c2)CNC3=O)C1. The summed E-state index contributed by atoms with van der Waals surface area (Å²) in [7, 11) is 0. The summed E-state index contributed by atoms with van der Waals surface area (Å²) in [5, 5.41) is 2.76. The Bertz CT molecular complexity index is 586. The molecule has 0 aromatic heterocycles. The van der Waals surface area contributed by atoms with Crippen molar-refractivity contribution in [2.45, 2.75) is 13.0 Å². The molecule has 4 nitrogen and oxygen atoms in total. The first-order valence-electron chi connectivity index (χ1n) is 5.86. The van der Waals surface area contributed by atoms with Crippen molar-refractivity contribution in [1.29, 1.82) is 0 Å². The van der Waals surface area contributed by atoms with Gasteiger partial charge in [0.15, 0.2) is 0 Å². The van der Waals surface area contributed by atoms with E-state index in [1.807, 2.05) is 6.07 Å². The maximum absolute atomic E-state index is 11.9. The highest BCUT2D eigenvalue weighted by Crippen LogP contribution is 2.28. The quantitative estimate of drug-likeness (QED) is 0.742. The number of carbonyl (C=O) groups excluding carboxylic acids is 2. The molecule has 0 saturated carbocycles. The molecule has 2 heterocycles. The number of hydrogen-bond donors (Lipinski definition) is 1. The largest absolute Gasteiger partial charge is 0.348 e. The Kier molecular flexibility index (Phi) is 2.34. The number of nitrogens with zero attached hydrogens (tertiary/aromatic N) is 1. The third-order valence-corrected chi connectivity index (χ3v) is 3.45. The molecule has 18 heavy (non-hydrogen) atoms. The van der Waals surface area contributed by atoms with Gasteiger partial charge in [0.1, 0.15) is 0 Å². The zero-order valence-electron chi connectivity index (χ0n) is 9.77. The lowest BCUT2D eigenvalue weighted by atomic mass is 10.1. The van der Waals surface area contributed by atoms with Crippen LogP contribution in [0.5, 0.6) is 0 Å². The zero-order valence-corrected chi connectivity index (χ0v) is 9.77. The van der Waals surface area contributed by atoms with Crippen LogP contribution in [0.4, 0.5) is 5.69 Å². The predicted octanol–water partition coefficient (Wildman–Crippen LogP) is 0.916. The van der Waals surface area contributed by atoms with E-state index in [2.05, 4.69) is 11.2 Å². The van der Waals surface area contributed by atoms with Gasteiger partial charge in [-0.3, -0.25) is 9.59 Å². The van der Waals surface area contributed by atoms with Gasteiger partial charge in [-0.05, 0) is 23.8 Å². The fraction of sp³-hybridized carbons (Fsp3) is 0.286. The number of rotatable bonds is 1. The molecule has 1 aromatic rings. The molecule has 3 rings (SSSR count). The lowest BCUT2D eigenvalue weighted by Gasteiger charge is -2.16. The smallest absolute Gasteiger partial charge is 0.251 e. The van der Waals surface area contributed by atoms with E-state index < -0.39 is 0 Å². The van der Waals surface area contributed by atoms with Gasteiger partial charge in [0.25, 0.3) is 5.91 Å². The van der Waals surface area contributed by atoms with Crippen LogP contribution in [0.3, 0.4) is 0 Å². The second kappa shape index (κ2) is 3.88. The number of carbonyl (C=O) groups is 2. The van der Waals surface area contributed by atoms with Crippen LogP contribution in [0, 0.1) is 18.3 Å². The minimum absolute atomic E-state index is 0.00879. The number of amides is 2. The second-order valence-electron chi connectivity index (χ2n) is 4.60. The van der Waals surface area contributed by atoms with Gasteiger partial charge in [-0.1, -0.05) is 0 Å². The van der Waals surface area contributed by atoms with Crippen molar-refractivity contribution in [1.82, 2.24) is 5.32 Å². The van der Waals surface area contributed by atoms with Gasteiger partial charge in [-0.2, -0.15) is 0 Å². The summed E-state index contributed by atoms with van der Waals surface area (Å²) in [5.41, 5.74) is 2.46. The molecule has 1 N–H and O–H groups in total. The highest BCUT2D eigenvalue weighted by atomic mass is 16.2. The summed E-state index contributed by atoms with van der Waals surface area (Å²) in [5.74, 6) is 2.62. The molecule has 90 valence electrons. The molecule has 1 atom stereocenters.